The number of aliphatic hydroxyl groups is 1. The Hall–Kier alpha value is -2.92. The Morgan fingerprint density at radius 1 is 1.12 bits per heavy atom. The van der Waals surface area contributed by atoms with Crippen molar-refractivity contribution in [3.05, 3.63) is 71.8 Å². The van der Waals surface area contributed by atoms with E-state index in [1.807, 2.05) is 41.3 Å². The van der Waals surface area contributed by atoms with Gasteiger partial charge in [0.2, 0.25) is 5.91 Å². The van der Waals surface area contributed by atoms with Crippen LogP contribution in [0.5, 0.6) is 0 Å². The Bertz CT molecular complexity index is 952. The van der Waals surface area contributed by atoms with E-state index in [1.165, 1.54) is 5.56 Å². The van der Waals surface area contributed by atoms with Gasteiger partial charge in [-0.05, 0) is 54.5 Å². The minimum absolute atomic E-state index is 0.00993. The van der Waals surface area contributed by atoms with Crippen molar-refractivity contribution >= 4 is 11.9 Å². The van der Waals surface area contributed by atoms with E-state index in [0.717, 1.165) is 42.4 Å². The number of aliphatic hydroxyl groups excluding tert-OH is 1. The Kier molecular flexibility index (Phi) is 8.63. The first kappa shape index (κ1) is 23.7. The molecule has 1 unspecified atom stereocenters. The van der Waals surface area contributed by atoms with Crippen LogP contribution >= 0.6 is 0 Å². The van der Waals surface area contributed by atoms with E-state index in [1.54, 1.807) is 6.08 Å². The number of likely N-dealkylation sites (tertiary alicyclic amines) is 1. The second-order valence-electron chi connectivity index (χ2n) is 8.52. The molecule has 1 saturated heterocycles. The molecule has 170 valence electrons. The highest BCUT2D eigenvalue weighted by atomic mass is 16.4. The molecule has 1 heterocycles. The molecule has 2 atom stereocenters. The molecular formula is C27H33NO4. The molecular weight excluding hydrogens is 402 g/mol. The van der Waals surface area contributed by atoms with Crippen molar-refractivity contribution in [3.8, 4) is 11.1 Å². The van der Waals surface area contributed by atoms with Crippen LogP contribution in [0.25, 0.3) is 11.1 Å². The van der Waals surface area contributed by atoms with Crippen molar-refractivity contribution in [2.24, 2.45) is 0 Å². The number of carbonyl (C=O) groups is 2. The summed E-state index contributed by atoms with van der Waals surface area (Å²) in [6.07, 6.45) is 7.87. The molecule has 5 nitrogen and oxygen atoms in total. The van der Waals surface area contributed by atoms with Crippen LogP contribution in [0.1, 0.15) is 62.2 Å². The number of unbranched alkanes of at least 4 members (excludes halogenated alkanes) is 3. The third-order valence-electron chi connectivity index (χ3n) is 6.11. The standard InChI is InChI=1S/C27H33NO4/c1-20-9-5-6-12-24(20)21-10-8-11-22(19-21)25(29)16-14-23-15-17-26(30)28(23)18-7-3-2-4-13-27(31)32/h5-6,8-12,14,16,19,23,25,29H,2-4,7,13,15,17-18H2,1H3,(H,31,32)/b16-14+/t23?,25-/m1/s1. The molecule has 2 aromatic rings. The molecule has 2 aromatic carbocycles. The van der Waals surface area contributed by atoms with Gasteiger partial charge < -0.3 is 15.1 Å². The quantitative estimate of drug-likeness (QED) is 0.372. The van der Waals surface area contributed by atoms with E-state index in [2.05, 4.69) is 25.1 Å². The van der Waals surface area contributed by atoms with E-state index < -0.39 is 12.1 Å². The predicted octanol–water partition coefficient (Wildman–Crippen LogP) is 5.28. The van der Waals surface area contributed by atoms with Gasteiger partial charge in [-0.1, -0.05) is 67.5 Å². The van der Waals surface area contributed by atoms with E-state index in [4.69, 9.17) is 5.11 Å². The fourth-order valence-electron chi connectivity index (χ4n) is 4.29. The number of amides is 1. The number of rotatable bonds is 11. The van der Waals surface area contributed by atoms with Crippen LogP contribution in [0.4, 0.5) is 0 Å². The zero-order valence-corrected chi connectivity index (χ0v) is 18.7. The van der Waals surface area contributed by atoms with Crippen LogP contribution in [-0.2, 0) is 9.59 Å². The zero-order valence-electron chi connectivity index (χ0n) is 18.7. The molecule has 0 radical (unpaired) electrons. The second-order valence-corrected chi connectivity index (χ2v) is 8.52. The van der Waals surface area contributed by atoms with E-state index in [-0.39, 0.29) is 18.4 Å². The summed E-state index contributed by atoms with van der Waals surface area (Å²) in [5.41, 5.74) is 4.25. The van der Waals surface area contributed by atoms with E-state index in [9.17, 15) is 14.7 Å². The topological polar surface area (TPSA) is 77.8 Å². The number of nitrogens with zero attached hydrogens (tertiary/aromatic N) is 1. The lowest BCUT2D eigenvalue weighted by atomic mass is 9.97. The van der Waals surface area contributed by atoms with Crippen LogP contribution in [0.15, 0.2) is 60.7 Å². The van der Waals surface area contributed by atoms with Crippen molar-refractivity contribution in [1.29, 1.82) is 0 Å². The molecule has 3 rings (SSSR count). The van der Waals surface area contributed by atoms with Crippen molar-refractivity contribution in [1.82, 2.24) is 4.90 Å². The summed E-state index contributed by atoms with van der Waals surface area (Å²) in [4.78, 5) is 24.8. The van der Waals surface area contributed by atoms with Gasteiger partial charge in [-0.25, -0.2) is 0 Å². The number of hydrogen-bond acceptors (Lipinski definition) is 3. The number of carboxylic acid groups (broad SMARTS) is 1. The summed E-state index contributed by atoms with van der Waals surface area (Å²) < 4.78 is 0. The Morgan fingerprint density at radius 3 is 2.69 bits per heavy atom. The maximum absolute atomic E-state index is 12.3. The summed E-state index contributed by atoms with van der Waals surface area (Å²) in [6.45, 7) is 2.76. The highest BCUT2D eigenvalue weighted by molar-refractivity contribution is 5.79. The van der Waals surface area contributed by atoms with Gasteiger partial charge >= 0.3 is 5.97 Å². The summed E-state index contributed by atoms with van der Waals surface area (Å²) in [5, 5.41) is 19.5. The molecule has 2 N–H and O–H groups in total. The molecule has 32 heavy (non-hydrogen) atoms. The monoisotopic (exact) mass is 435 g/mol. The largest absolute Gasteiger partial charge is 0.481 e. The Morgan fingerprint density at radius 2 is 1.91 bits per heavy atom. The second kappa shape index (κ2) is 11.6. The molecule has 0 bridgehead atoms. The Labute approximate surface area is 190 Å². The zero-order chi connectivity index (χ0) is 22.9. The van der Waals surface area contributed by atoms with Crippen LogP contribution in [0, 0.1) is 6.92 Å². The fourth-order valence-corrected chi connectivity index (χ4v) is 4.29. The van der Waals surface area contributed by atoms with Gasteiger partial charge in [-0.15, -0.1) is 0 Å². The number of carboxylic acids is 1. The number of carbonyl (C=O) groups excluding carboxylic acids is 1. The minimum Gasteiger partial charge on any atom is -0.481 e. The van der Waals surface area contributed by atoms with Gasteiger partial charge in [-0.3, -0.25) is 9.59 Å². The first-order chi connectivity index (χ1) is 15.5. The highest BCUT2D eigenvalue weighted by Crippen LogP contribution is 2.27. The first-order valence-corrected chi connectivity index (χ1v) is 11.5. The third kappa shape index (κ3) is 6.54. The summed E-state index contributed by atoms with van der Waals surface area (Å²) in [5.74, 6) is -0.603. The van der Waals surface area contributed by atoms with Gasteiger partial charge in [0.1, 0.15) is 0 Å². The van der Waals surface area contributed by atoms with Crippen LogP contribution in [0.3, 0.4) is 0 Å². The average molecular weight is 436 g/mol. The highest BCUT2D eigenvalue weighted by Gasteiger charge is 2.28. The van der Waals surface area contributed by atoms with Crippen molar-refractivity contribution in [3.63, 3.8) is 0 Å². The van der Waals surface area contributed by atoms with Crippen LogP contribution in [-0.4, -0.2) is 39.6 Å². The molecule has 0 saturated carbocycles. The number of benzene rings is 2. The van der Waals surface area contributed by atoms with Crippen molar-refractivity contribution in [2.45, 2.75) is 64.0 Å². The lowest BCUT2D eigenvalue weighted by Crippen LogP contribution is -2.32. The van der Waals surface area contributed by atoms with Gasteiger partial charge in [0.15, 0.2) is 0 Å². The molecule has 1 fully saturated rings. The molecule has 0 aliphatic carbocycles. The first-order valence-electron chi connectivity index (χ1n) is 11.5. The van der Waals surface area contributed by atoms with Gasteiger partial charge in [-0.2, -0.15) is 0 Å². The molecule has 0 aromatic heterocycles. The Balaban J connectivity index is 1.57. The lowest BCUT2D eigenvalue weighted by Gasteiger charge is -2.22. The maximum atomic E-state index is 12.3. The molecule has 1 aliphatic rings. The van der Waals surface area contributed by atoms with E-state index >= 15 is 0 Å². The number of hydrogen-bond donors (Lipinski definition) is 2. The normalized spacial score (nSPS) is 17.2. The average Bonchev–Trinajstić information content (AvgIpc) is 3.14. The predicted molar refractivity (Wildman–Crippen MR) is 126 cm³/mol. The molecule has 1 aliphatic heterocycles. The van der Waals surface area contributed by atoms with Crippen molar-refractivity contribution in [2.75, 3.05) is 6.54 Å². The summed E-state index contributed by atoms with van der Waals surface area (Å²) in [7, 11) is 0. The number of aryl methyl sites for hydroxylation is 1. The van der Waals surface area contributed by atoms with Crippen LogP contribution in [0.2, 0.25) is 0 Å². The molecule has 1 amide bonds. The molecule has 5 heteroatoms. The summed E-state index contributed by atoms with van der Waals surface area (Å²) >= 11 is 0. The van der Waals surface area contributed by atoms with E-state index in [0.29, 0.717) is 19.4 Å². The minimum atomic E-state index is -0.757. The fraction of sp³-hybridized carbons (Fsp3) is 0.407. The van der Waals surface area contributed by atoms with Gasteiger partial charge in [0.25, 0.3) is 0 Å². The molecule has 0 spiro atoms. The SMILES string of the molecule is Cc1ccccc1-c1cccc([C@H](O)/C=C/C2CCC(=O)N2CCCCCCC(=O)O)c1. The van der Waals surface area contributed by atoms with Gasteiger partial charge in [0, 0.05) is 19.4 Å². The van der Waals surface area contributed by atoms with Gasteiger partial charge in [0.05, 0.1) is 12.1 Å². The maximum Gasteiger partial charge on any atom is 0.303 e. The third-order valence-corrected chi connectivity index (χ3v) is 6.11. The summed E-state index contributed by atoms with van der Waals surface area (Å²) in [6, 6.07) is 16.2. The van der Waals surface area contributed by atoms with Crippen molar-refractivity contribution < 1.29 is 19.8 Å². The lowest BCUT2D eigenvalue weighted by molar-refractivity contribution is -0.137. The number of aliphatic carboxylic acids is 1. The smallest absolute Gasteiger partial charge is 0.303 e. The van der Waals surface area contributed by atoms with Crippen LogP contribution < -0.4 is 0 Å².